The van der Waals surface area contributed by atoms with Crippen LogP contribution >= 0.6 is 0 Å². The summed E-state index contributed by atoms with van der Waals surface area (Å²) in [4.78, 5) is 11.3. The van der Waals surface area contributed by atoms with Gasteiger partial charge in [-0.2, -0.15) is 5.26 Å². The number of nitrogens with zero attached hydrogens (tertiary/aromatic N) is 1. The minimum Gasteiger partial charge on any atom is -0.497 e. The van der Waals surface area contributed by atoms with Crippen molar-refractivity contribution in [2.75, 3.05) is 7.11 Å². The van der Waals surface area contributed by atoms with Gasteiger partial charge in [-0.3, -0.25) is 0 Å². The molecule has 0 aliphatic heterocycles. The molecular formula is C12H12BNO3. The van der Waals surface area contributed by atoms with E-state index in [1.807, 2.05) is 6.07 Å². The number of carbonyl (C=O) groups is 1. The maximum absolute atomic E-state index is 11.3. The number of ether oxygens (including phenoxy) is 2. The molecule has 0 unspecified atom stereocenters. The van der Waals surface area contributed by atoms with Crippen LogP contribution in [-0.4, -0.2) is 26.4 Å². The third-order valence-corrected chi connectivity index (χ3v) is 1.89. The topological polar surface area (TPSA) is 59.3 Å². The van der Waals surface area contributed by atoms with Crippen molar-refractivity contribution in [1.82, 2.24) is 0 Å². The van der Waals surface area contributed by atoms with Crippen LogP contribution in [0.5, 0.6) is 5.75 Å². The fourth-order valence-corrected chi connectivity index (χ4v) is 1.23. The molecule has 86 valence electrons. The molecule has 4 nitrogen and oxygen atoms in total. The standard InChI is InChI=1S/C12H12BNO3/c1-12(2,13)17-10-5-4-8(11(15)16-3)6-9(10)7-14/h4-6H,1-3H3. The first kappa shape index (κ1) is 13.1. The van der Waals surface area contributed by atoms with E-state index in [0.29, 0.717) is 11.3 Å². The Morgan fingerprint density at radius 3 is 2.59 bits per heavy atom. The number of nitriles is 1. The highest BCUT2D eigenvalue weighted by Gasteiger charge is 2.16. The largest absolute Gasteiger partial charge is 0.497 e. The Kier molecular flexibility index (Phi) is 3.79. The number of hydrogen-bond donors (Lipinski definition) is 0. The second-order valence-electron chi connectivity index (χ2n) is 4.02. The highest BCUT2D eigenvalue weighted by Crippen LogP contribution is 2.23. The zero-order valence-corrected chi connectivity index (χ0v) is 9.98. The maximum Gasteiger partial charge on any atom is 0.337 e. The molecule has 1 rings (SSSR count). The van der Waals surface area contributed by atoms with E-state index in [9.17, 15) is 4.79 Å². The minimum atomic E-state index is -0.890. The summed E-state index contributed by atoms with van der Waals surface area (Å²) in [7, 11) is 6.97. The number of hydrogen-bond acceptors (Lipinski definition) is 4. The molecule has 0 saturated carbocycles. The third kappa shape index (κ3) is 3.52. The van der Waals surface area contributed by atoms with Gasteiger partial charge in [0.1, 0.15) is 19.7 Å². The molecule has 0 spiro atoms. The van der Waals surface area contributed by atoms with Crippen LogP contribution in [0.2, 0.25) is 0 Å². The molecule has 5 heteroatoms. The molecule has 0 aliphatic rings. The van der Waals surface area contributed by atoms with Gasteiger partial charge < -0.3 is 9.47 Å². The van der Waals surface area contributed by atoms with Crippen LogP contribution in [0.25, 0.3) is 0 Å². The summed E-state index contributed by atoms with van der Waals surface area (Å²) in [5.41, 5.74) is -0.351. The smallest absolute Gasteiger partial charge is 0.337 e. The summed E-state index contributed by atoms with van der Waals surface area (Å²) in [6.07, 6.45) is 0. The van der Waals surface area contributed by atoms with E-state index in [1.165, 1.54) is 25.3 Å². The molecule has 17 heavy (non-hydrogen) atoms. The summed E-state index contributed by atoms with van der Waals surface area (Å²) in [6, 6.07) is 6.41. The van der Waals surface area contributed by atoms with Crippen molar-refractivity contribution in [1.29, 1.82) is 5.26 Å². The average molecular weight is 229 g/mol. The van der Waals surface area contributed by atoms with Crippen molar-refractivity contribution in [2.24, 2.45) is 0 Å². The molecule has 0 saturated heterocycles. The van der Waals surface area contributed by atoms with Crippen LogP contribution < -0.4 is 4.74 Å². The number of esters is 1. The summed E-state index contributed by atoms with van der Waals surface area (Å²) in [5.74, 6) is -0.160. The Labute approximate surface area is 102 Å². The number of carbonyl (C=O) groups excluding carboxylic acids is 1. The van der Waals surface area contributed by atoms with Crippen LogP contribution in [0.3, 0.4) is 0 Å². The van der Waals surface area contributed by atoms with Gasteiger partial charge in [0.25, 0.3) is 0 Å². The fourth-order valence-electron chi connectivity index (χ4n) is 1.23. The van der Waals surface area contributed by atoms with Gasteiger partial charge in [0, 0.05) is 0 Å². The van der Waals surface area contributed by atoms with Crippen LogP contribution in [0.15, 0.2) is 18.2 Å². The fraction of sp³-hybridized carbons (Fsp3) is 0.333. The Hall–Kier alpha value is -1.96. The number of methoxy groups -OCH3 is 1. The average Bonchev–Trinajstić information content (AvgIpc) is 2.26. The van der Waals surface area contributed by atoms with Gasteiger partial charge in [0.05, 0.1) is 23.7 Å². The van der Waals surface area contributed by atoms with E-state index >= 15 is 0 Å². The van der Waals surface area contributed by atoms with Gasteiger partial charge in [0.2, 0.25) is 0 Å². The van der Waals surface area contributed by atoms with E-state index in [0.717, 1.165) is 0 Å². The van der Waals surface area contributed by atoms with E-state index in [-0.39, 0.29) is 5.56 Å². The summed E-state index contributed by atoms with van der Waals surface area (Å²) in [5, 5.41) is 8.97. The van der Waals surface area contributed by atoms with Gasteiger partial charge in [0.15, 0.2) is 0 Å². The normalized spacial score (nSPS) is 10.5. The van der Waals surface area contributed by atoms with Crippen molar-refractivity contribution in [3.8, 4) is 11.8 Å². The molecule has 0 N–H and O–H groups in total. The lowest BCUT2D eigenvalue weighted by Gasteiger charge is -2.22. The highest BCUT2D eigenvalue weighted by molar-refractivity contribution is 6.14. The molecule has 1 aromatic rings. The minimum absolute atomic E-state index is 0.242. The predicted octanol–water partition coefficient (Wildman–Crippen LogP) is 1.63. The van der Waals surface area contributed by atoms with Crippen molar-refractivity contribution in [3.05, 3.63) is 29.3 Å². The lowest BCUT2D eigenvalue weighted by molar-refractivity contribution is 0.0600. The highest BCUT2D eigenvalue weighted by atomic mass is 16.5. The van der Waals surface area contributed by atoms with Gasteiger partial charge in [-0.25, -0.2) is 4.79 Å². The molecule has 1 aromatic carbocycles. The molecule has 0 aromatic heterocycles. The second-order valence-corrected chi connectivity index (χ2v) is 4.02. The van der Waals surface area contributed by atoms with Crippen LogP contribution in [0.1, 0.15) is 29.8 Å². The predicted molar refractivity (Wildman–Crippen MR) is 63.0 cm³/mol. The zero-order chi connectivity index (χ0) is 13.1. The molecule has 0 fully saturated rings. The lowest BCUT2D eigenvalue weighted by Crippen LogP contribution is -2.28. The van der Waals surface area contributed by atoms with Gasteiger partial charge in [-0.1, -0.05) is 0 Å². The first-order valence-corrected chi connectivity index (χ1v) is 4.98. The van der Waals surface area contributed by atoms with Crippen LogP contribution in [0.4, 0.5) is 0 Å². The first-order chi connectivity index (χ1) is 7.87. The molecule has 0 atom stereocenters. The number of rotatable bonds is 3. The monoisotopic (exact) mass is 229 g/mol. The first-order valence-electron chi connectivity index (χ1n) is 4.98. The van der Waals surface area contributed by atoms with E-state index in [1.54, 1.807) is 13.8 Å². The van der Waals surface area contributed by atoms with Crippen molar-refractivity contribution in [3.63, 3.8) is 0 Å². The number of benzene rings is 1. The third-order valence-electron chi connectivity index (χ3n) is 1.89. The van der Waals surface area contributed by atoms with Crippen molar-refractivity contribution < 1.29 is 14.3 Å². The van der Waals surface area contributed by atoms with Gasteiger partial charge in [-0.05, 0) is 32.0 Å². The van der Waals surface area contributed by atoms with Crippen LogP contribution in [-0.2, 0) is 4.74 Å². The molecule has 2 radical (unpaired) electrons. The Morgan fingerprint density at radius 1 is 1.47 bits per heavy atom. The van der Waals surface area contributed by atoms with Gasteiger partial charge >= 0.3 is 5.97 Å². The van der Waals surface area contributed by atoms with E-state index in [2.05, 4.69) is 4.74 Å². The summed E-state index contributed by atoms with van der Waals surface area (Å²) in [6.45, 7) is 3.34. The molecule has 0 amide bonds. The SMILES string of the molecule is [B]C(C)(C)Oc1ccc(C(=O)OC)cc1C#N. The van der Waals surface area contributed by atoms with Gasteiger partial charge in [-0.15, -0.1) is 0 Å². The van der Waals surface area contributed by atoms with Crippen molar-refractivity contribution >= 4 is 13.8 Å². The second kappa shape index (κ2) is 4.92. The Bertz CT molecular complexity index is 472. The molecule has 0 bridgehead atoms. The Balaban J connectivity index is 3.11. The lowest BCUT2D eigenvalue weighted by atomic mass is 9.85. The molecular weight excluding hydrogens is 217 g/mol. The van der Waals surface area contributed by atoms with Crippen molar-refractivity contribution in [2.45, 2.75) is 19.3 Å². The maximum atomic E-state index is 11.3. The van der Waals surface area contributed by atoms with E-state index < -0.39 is 11.5 Å². The molecule has 0 heterocycles. The molecule has 0 aliphatic carbocycles. The zero-order valence-electron chi connectivity index (χ0n) is 9.98. The quantitative estimate of drug-likeness (QED) is 0.583. The summed E-state index contributed by atoms with van der Waals surface area (Å²) >= 11 is 0. The summed E-state index contributed by atoms with van der Waals surface area (Å²) < 4.78 is 9.96. The van der Waals surface area contributed by atoms with E-state index in [4.69, 9.17) is 17.8 Å². The Morgan fingerprint density at radius 2 is 2.12 bits per heavy atom. The van der Waals surface area contributed by atoms with Crippen LogP contribution in [0, 0.1) is 11.3 Å².